The molecule has 1 aromatic carbocycles. The van der Waals surface area contributed by atoms with Gasteiger partial charge in [-0.15, -0.1) is 0 Å². The van der Waals surface area contributed by atoms with Crippen LogP contribution in [0.4, 0.5) is 5.69 Å². The van der Waals surface area contributed by atoms with Crippen molar-refractivity contribution in [2.24, 2.45) is 0 Å². The summed E-state index contributed by atoms with van der Waals surface area (Å²) in [6.45, 7) is 2.41. The number of anilines is 1. The Labute approximate surface area is 120 Å². The van der Waals surface area contributed by atoms with Crippen LogP contribution in [0.5, 0.6) is 0 Å². The van der Waals surface area contributed by atoms with E-state index in [-0.39, 0.29) is 0 Å². The van der Waals surface area contributed by atoms with Gasteiger partial charge in [-0.3, -0.25) is 4.68 Å². The van der Waals surface area contributed by atoms with Crippen LogP contribution in [-0.2, 0) is 11.3 Å². The number of rotatable bonds is 4. The van der Waals surface area contributed by atoms with Gasteiger partial charge in [0.25, 0.3) is 0 Å². The maximum Gasteiger partial charge on any atom is 0.341 e. The first-order valence-electron chi connectivity index (χ1n) is 6.50. The SMILES string of the molecule is CCOC(=O)c1cnn(Cc2nc3ccc(N)cc3o2)c1. The summed E-state index contributed by atoms with van der Waals surface area (Å²) in [5.74, 6) is 0.100. The van der Waals surface area contributed by atoms with Crippen LogP contribution in [-0.4, -0.2) is 27.3 Å². The molecule has 0 aliphatic rings. The Hall–Kier alpha value is -2.83. The summed E-state index contributed by atoms with van der Waals surface area (Å²) in [6, 6.07) is 5.28. The Morgan fingerprint density at radius 2 is 2.33 bits per heavy atom. The van der Waals surface area contributed by atoms with Gasteiger partial charge in [-0.1, -0.05) is 0 Å². The van der Waals surface area contributed by atoms with Crippen LogP contribution >= 0.6 is 0 Å². The van der Waals surface area contributed by atoms with Gasteiger partial charge >= 0.3 is 5.97 Å². The molecule has 7 nitrogen and oxygen atoms in total. The zero-order valence-corrected chi connectivity index (χ0v) is 11.4. The normalized spacial score (nSPS) is 10.9. The van der Waals surface area contributed by atoms with Gasteiger partial charge in [0.2, 0.25) is 5.89 Å². The summed E-state index contributed by atoms with van der Waals surface area (Å²) < 4.78 is 12.1. The Morgan fingerprint density at radius 1 is 1.48 bits per heavy atom. The van der Waals surface area contributed by atoms with Gasteiger partial charge in [0.1, 0.15) is 12.1 Å². The third kappa shape index (κ3) is 2.71. The number of carbonyl (C=O) groups is 1. The molecule has 0 fully saturated rings. The molecule has 0 bridgehead atoms. The molecular formula is C14H14N4O3. The molecule has 2 aromatic heterocycles. The highest BCUT2D eigenvalue weighted by Crippen LogP contribution is 2.18. The molecule has 108 valence electrons. The largest absolute Gasteiger partial charge is 0.462 e. The zero-order chi connectivity index (χ0) is 14.8. The summed E-state index contributed by atoms with van der Waals surface area (Å²) in [7, 11) is 0. The minimum absolute atomic E-state index is 0.327. The fraction of sp³-hybridized carbons (Fsp3) is 0.214. The smallest absolute Gasteiger partial charge is 0.341 e. The van der Waals surface area contributed by atoms with Crippen molar-refractivity contribution >= 4 is 22.8 Å². The van der Waals surface area contributed by atoms with E-state index in [4.69, 9.17) is 14.9 Å². The summed E-state index contributed by atoms with van der Waals surface area (Å²) in [5, 5.41) is 4.09. The van der Waals surface area contributed by atoms with Crippen LogP contribution in [0.2, 0.25) is 0 Å². The number of hydrogen-bond donors (Lipinski definition) is 1. The minimum atomic E-state index is -0.394. The first-order valence-corrected chi connectivity index (χ1v) is 6.50. The third-order valence-corrected chi connectivity index (χ3v) is 2.90. The van der Waals surface area contributed by atoms with Crippen molar-refractivity contribution < 1.29 is 13.9 Å². The van der Waals surface area contributed by atoms with E-state index in [0.29, 0.717) is 35.9 Å². The first-order chi connectivity index (χ1) is 10.2. The van der Waals surface area contributed by atoms with Gasteiger partial charge in [-0.2, -0.15) is 5.10 Å². The second-order valence-electron chi connectivity index (χ2n) is 4.48. The molecular weight excluding hydrogens is 272 g/mol. The van der Waals surface area contributed by atoms with E-state index in [1.165, 1.54) is 6.20 Å². The van der Waals surface area contributed by atoms with E-state index in [1.807, 2.05) is 0 Å². The third-order valence-electron chi connectivity index (χ3n) is 2.90. The molecule has 0 amide bonds. The summed E-state index contributed by atoms with van der Waals surface area (Å²) in [5.41, 5.74) is 8.07. The van der Waals surface area contributed by atoms with Crippen LogP contribution < -0.4 is 5.73 Å². The Kier molecular flexibility index (Phi) is 3.31. The second kappa shape index (κ2) is 5.28. The maximum atomic E-state index is 11.6. The lowest BCUT2D eigenvalue weighted by atomic mass is 10.3. The van der Waals surface area contributed by atoms with Gasteiger partial charge in [-0.25, -0.2) is 9.78 Å². The molecule has 0 saturated carbocycles. The topological polar surface area (TPSA) is 96.2 Å². The van der Waals surface area contributed by atoms with Crippen LogP contribution in [0.25, 0.3) is 11.1 Å². The first kappa shape index (κ1) is 13.2. The highest BCUT2D eigenvalue weighted by Gasteiger charge is 2.11. The Bertz CT molecular complexity index is 790. The predicted octanol–water partition coefficient (Wildman–Crippen LogP) is 1.83. The lowest BCUT2D eigenvalue weighted by Gasteiger charge is -1.97. The number of oxazole rings is 1. The molecule has 3 aromatic rings. The average Bonchev–Trinajstić information content (AvgIpc) is 3.05. The lowest BCUT2D eigenvalue weighted by molar-refractivity contribution is 0.0526. The lowest BCUT2D eigenvalue weighted by Crippen LogP contribution is -2.04. The van der Waals surface area contributed by atoms with Crippen LogP contribution in [0.1, 0.15) is 23.2 Å². The monoisotopic (exact) mass is 286 g/mol. The number of nitrogens with two attached hydrogens (primary N) is 1. The fourth-order valence-electron chi connectivity index (χ4n) is 1.97. The molecule has 7 heteroatoms. The van der Waals surface area contributed by atoms with Gasteiger partial charge in [0.05, 0.1) is 18.4 Å². The van der Waals surface area contributed by atoms with E-state index < -0.39 is 5.97 Å². The Morgan fingerprint density at radius 3 is 3.14 bits per heavy atom. The molecule has 2 N–H and O–H groups in total. The molecule has 0 spiro atoms. The number of fused-ring (bicyclic) bond motifs is 1. The molecule has 0 aliphatic carbocycles. The number of nitrogen functional groups attached to an aromatic ring is 1. The zero-order valence-electron chi connectivity index (χ0n) is 11.4. The second-order valence-corrected chi connectivity index (χ2v) is 4.48. The number of aromatic nitrogens is 3. The molecule has 0 unspecified atom stereocenters. The number of ether oxygens (including phenoxy) is 1. The fourth-order valence-corrected chi connectivity index (χ4v) is 1.97. The average molecular weight is 286 g/mol. The van der Waals surface area contributed by atoms with Crippen molar-refractivity contribution in [3.8, 4) is 0 Å². The van der Waals surface area contributed by atoms with Crippen molar-refractivity contribution in [3.05, 3.63) is 42.0 Å². The van der Waals surface area contributed by atoms with Crippen LogP contribution in [0.3, 0.4) is 0 Å². The minimum Gasteiger partial charge on any atom is -0.462 e. The molecule has 0 saturated heterocycles. The highest BCUT2D eigenvalue weighted by molar-refractivity contribution is 5.88. The van der Waals surface area contributed by atoms with Crippen molar-refractivity contribution in [1.29, 1.82) is 0 Å². The molecule has 0 radical (unpaired) electrons. The van der Waals surface area contributed by atoms with Crippen LogP contribution in [0.15, 0.2) is 35.0 Å². The van der Waals surface area contributed by atoms with E-state index in [2.05, 4.69) is 10.1 Å². The van der Waals surface area contributed by atoms with Crippen molar-refractivity contribution in [3.63, 3.8) is 0 Å². The van der Waals surface area contributed by atoms with Crippen molar-refractivity contribution in [2.45, 2.75) is 13.5 Å². The number of esters is 1. The highest BCUT2D eigenvalue weighted by atomic mass is 16.5. The summed E-state index contributed by atoms with van der Waals surface area (Å²) in [6.07, 6.45) is 3.06. The van der Waals surface area contributed by atoms with E-state index in [0.717, 1.165) is 5.52 Å². The quantitative estimate of drug-likeness (QED) is 0.580. The summed E-state index contributed by atoms with van der Waals surface area (Å²) >= 11 is 0. The number of benzene rings is 1. The molecule has 0 aliphatic heterocycles. The summed E-state index contributed by atoms with van der Waals surface area (Å²) in [4.78, 5) is 15.9. The van der Waals surface area contributed by atoms with Gasteiger partial charge in [0.15, 0.2) is 5.58 Å². The van der Waals surface area contributed by atoms with E-state index in [9.17, 15) is 4.79 Å². The molecule has 0 atom stereocenters. The van der Waals surface area contributed by atoms with Crippen LogP contribution in [0, 0.1) is 0 Å². The number of carbonyl (C=O) groups excluding carboxylic acids is 1. The predicted molar refractivity (Wildman–Crippen MR) is 75.7 cm³/mol. The van der Waals surface area contributed by atoms with Crippen molar-refractivity contribution in [2.75, 3.05) is 12.3 Å². The maximum absolute atomic E-state index is 11.6. The standard InChI is InChI=1S/C14H14N4O3/c1-2-20-14(19)9-6-16-18(7-9)8-13-17-11-4-3-10(15)5-12(11)21-13/h3-7H,2,8,15H2,1H3. The Balaban J connectivity index is 1.80. The van der Waals surface area contributed by atoms with Crippen molar-refractivity contribution in [1.82, 2.24) is 14.8 Å². The molecule has 3 rings (SSSR count). The molecule has 2 heterocycles. The van der Waals surface area contributed by atoms with Gasteiger partial charge < -0.3 is 14.9 Å². The van der Waals surface area contributed by atoms with E-state index in [1.54, 1.807) is 36.0 Å². The van der Waals surface area contributed by atoms with Gasteiger partial charge in [-0.05, 0) is 19.1 Å². The molecule has 21 heavy (non-hydrogen) atoms. The number of nitrogens with zero attached hydrogens (tertiary/aromatic N) is 3. The number of hydrogen-bond acceptors (Lipinski definition) is 6. The van der Waals surface area contributed by atoms with Gasteiger partial charge in [0, 0.05) is 18.0 Å². The van der Waals surface area contributed by atoms with E-state index >= 15 is 0 Å².